The minimum atomic E-state index is -3.54. The number of pyridine rings is 1. The van der Waals surface area contributed by atoms with Gasteiger partial charge in [0.2, 0.25) is 10.0 Å². The fraction of sp³-hybridized carbons (Fsp3) is 0.111. The zero-order chi connectivity index (χ0) is 18.9. The summed E-state index contributed by atoms with van der Waals surface area (Å²) in [4.78, 5) is 27.7. The lowest BCUT2D eigenvalue weighted by Gasteiger charge is -2.10. The second kappa shape index (κ2) is 6.64. The highest BCUT2D eigenvalue weighted by atomic mass is 32.2. The molecule has 0 aliphatic heterocycles. The Balaban J connectivity index is 2.05. The van der Waals surface area contributed by atoms with E-state index in [-0.39, 0.29) is 27.7 Å². The van der Waals surface area contributed by atoms with E-state index < -0.39 is 15.9 Å². The predicted octanol–water partition coefficient (Wildman–Crippen LogP) is 2.46. The Kier molecular flexibility index (Phi) is 4.52. The minimum Gasteiger partial charge on any atom is -0.349 e. The Morgan fingerprint density at radius 3 is 2.50 bits per heavy atom. The number of hydrogen-bond acceptors (Lipinski definition) is 4. The molecule has 0 unspecified atom stereocenters. The maximum absolute atomic E-state index is 12.5. The van der Waals surface area contributed by atoms with Crippen molar-refractivity contribution in [1.29, 1.82) is 0 Å². The lowest BCUT2D eigenvalue weighted by molar-refractivity contribution is 0.102. The Labute approximate surface area is 150 Å². The van der Waals surface area contributed by atoms with Crippen molar-refractivity contribution in [3.8, 4) is 0 Å². The van der Waals surface area contributed by atoms with E-state index in [4.69, 9.17) is 0 Å². The molecule has 8 heteroatoms. The normalized spacial score (nSPS) is 11.3. The molecule has 2 aromatic carbocycles. The molecule has 0 aliphatic carbocycles. The quantitative estimate of drug-likeness (QED) is 0.654. The number of nitrogens with one attached hydrogen (secondary N) is 3. The average molecular weight is 371 g/mol. The SMILES string of the molecule is Cc1cccc(NC(=O)c2cc(=O)c3cccc(NS(C)(=O)=O)c3[nH]2)c1. The molecular weight excluding hydrogens is 354 g/mol. The zero-order valence-corrected chi connectivity index (χ0v) is 15.0. The first-order valence-electron chi connectivity index (χ1n) is 7.75. The zero-order valence-electron chi connectivity index (χ0n) is 14.2. The molecule has 0 spiro atoms. The number of hydrogen-bond donors (Lipinski definition) is 3. The average Bonchev–Trinajstić information content (AvgIpc) is 2.54. The molecule has 0 saturated heterocycles. The van der Waals surface area contributed by atoms with Gasteiger partial charge in [-0.05, 0) is 36.8 Å². The molecule has 0 aliphatic rings. The van der Waals surface area contributed by atoms with E-state index in [1.807, 2.05) is 19.1 Å². The highest BCUT2D eigenvalue weighted by molar-refractivity contribution is 7.92. The molecule has 3 aromatic rings. The summed E-state index contributed by atoms with van der Waals surface area (Å²) in [6.07, 6.45) is 1.01. The van der Waals surface area contributed by atoms with Gasteiger partial charge in [-0.2, -0.15) is 0 Å². The summed E-state index contributed by atoms with van der Waals surface area (Å²) in [6, 6.07) is 13.1. The molecule has 134 valence electrons. The number of anilines is 2. The first-order valence-corrected chi connectivity index (χ1v) is 9.64. The van der Waals surface area contributed by atoms with Crippen molar-refractivity contribution < 1.29 is 13.2 Å². The lowest BCUT2D eigenvalue weighted by Crippen LogP contribution is -2.18. The number of carbonyl (C=O) groups is 1. The minimum absolute atomic E-state index is 0.0340. The fourth-order valence-electron chi connectivity index (χ4n) is 2.60. The first-order chi connectivity index (χ1) is 12.2. The van der Waals surface area contributed by atoms with E-state index in [0.29, 0.717) is 5.69 Å². The number of H-pyrrole nitrogens is 1. The maximum atomic E-state index is 12.5. The number of carbonyl (C=O) groups excluding carboxylic acids is 1. The summed E-state index contributed by atoms with van der Waals surface area (Å²) in [7, 11) is -3.54. The summed E-state index contributed by atoms with van der Waals surface area (Å²) < 4.78 is 25.4. The molecule has 0 bridgehead atoms. The molecule has 1 amide bonds. The van der Waals surface area contributed by atoms with E-state index in [1.165, 1.54) is 12.1 Å². The third kappa shape index (κ3) is 3.92. The molecule has 0 radical (unpaired) electrons. The number of aromatic nitrogens is 1. The van der Waals surface area contributed by atoms with Crippen LogP contribution in [0, 0.1) is 6.92 Å². The summed E-state index contributed by atoms with van der Waals surface area (Å²) >= 11 is 0. The number of fused-ring (bicyclic) bond motifs is 1. The van der Waals surface area contributed by atoms with Crippen LogP contribution < -0.4 is 15.5 Å². The molecule has 0 atom stereocenters. The van der Waals surface area contributed by atoms with Crippen LogP contribution in [-0.4, -0.2) is 25.6 Å². The number of para-hydroxylation sites is 1. The Bertz CT molecular complexity index is 1170. The van der Waals surface area contributed by atoms with Crippen molar-refractivity contribution >= 4 is 38.2 Å². The van der Waals surface area contributed by atoms with Crippen LogP contribution in [0.1, 0.15) is 16.1 Å². The van der Waals surface area contributed by atoms with Gasteiger partial charge < -0.3 is 10.3 Å². The summed E-state index contributed by atoms with van der Waals surface area (Å²) in [5.74, 6) is -0.497. The van der Waals surface area contributed by atoms with Gasteiger partial charge in [-0.25, -0.2) is 8.42 Å². The summed E-state index contributed by atoms with van der Waals surface area (Å²) in [5, 5.41) is 2.99. The van der Waals surface area contributed by atoms with Crippen molar-refractivity contribution in [3.63, 3.8) is 0 Å². The third-order valence-electron chi connectivity index (χ3n) is 3.68. The number of aromatic amines is 1. The lowest BCUT2D eigenvalue weighted by atomic mass is 10.1. The van der Waals surface area contributed by atoms with E-state index in [0.717, 1.165) is 11.8 Å². The van der Waals surface area contributed by atoms with Crippen molar-refractivity contribution in [2.24, 2.45) is 0 Å². The first kappa shape index (κ1) is 17.7. The van der Waals surface area contributed by atoms with E-state index in [2.05, 4.69) is 15.0 Å². The van der Waals surface area contributed by atoms with Gasteiger partial charge in [0, 0.05) is 17.1 Å². The van der Waals surface area contributed by atoms with Crippen molar-refractivity contribution in [2.75, 3.05) is 16.3 Å². The molecule has 26 heavy (non-hydrogen) atoms. The van der Waals surface area contributed by atoms with Gasteiger partial charge in [-0.1, -0.05) is 18.2 Å². The number of benzene rings is 2. The molecule has 1 heterocycles. The Morgan fingerprint density at radius 1 is 1.08 bits per heavy atom. The molecule has 3 N–H and O–H groups in total. The fourth-order valence-corrected chi connectivity index (χ4v) is 3.17. The molecular formula is C18H17N3O4S. The van der Waals surface area contributed by atoms with Crippen LogP contribution in [0.3, 0.4) is 0 Å². The van der Waals surface area contributed by atoms with Crippen LogP contribution in [0.2, 0.25) is 0 Å². The number of rotatable bonds is 4. The van der Waals surface area contributed by atoms with Crippen molar-refractivity contribution in [1.82, 2.24) is 4.98 Å². The van der Waals surface area contributed by atoms with E-state index in [1.54, 1.807) is 24.3 Å². The Hall–Kier alpha value is -3.13. The van der Waals surface area contributed by atoms with E-state index >= 15 is 0 Å². The summed E-state index contributed by atoms with van der Waals surface area (Å²) in [6.45, 7) is 1.90. The highest BCUT2D eigenvalue weighted by Crippen LogP contribution is 2.20. The topological polar surface area (TPSA) is 108 Å². The smallest absolute Gasteiger partial charge is 0.272 e. The predicted molar refractivity (Wildman–Crippen MR) is 102 cm³/mol. The Morgan fingerprint density at radius 2 is 1.81 bits per heavy atom. The van der Waals surface area contributed by atoms with Gasteiger partial charge in [0.1, 0.15) is 5.69 Å². The second-order valence-electron chi connectivity index (χ2n) is 5.97. The van der Waals surface area contributed by atoms with Crippen LogP contribution in [0.4, 0.5) is 11.4 Å². The third-order valence-corrected chi connectivity index (χ3v) is 4.27. The summed E-state index contributed by atoms with van der Waals surface area (Å²) in [5.41, 5.74) is 1.68. The molecule has 1 aromatic heterocycles. The molecule has 7 nitrogen and oxygen atoms in total. The van der Waals surface area contributed by atoms with Gasteiger partial charge in [0.25, 0.3) is 5.91 Å². The van der Waals surface area contributed by atoms with Gasteiger partial charge in [-0.15, -0.1) is 0 Å². The molecule has 0 fully saturated rings. The number of sulfonamides is 1. The van der Waals surface area contributed by atoms with Crippen LogP contribution in [-0.2, 0) is 10.0 Å². The van der Waals surface area contributed by atoms with Crippen LogP contribution in [0.15, 0.2) is 53.3 Å². The van der Waals surface area contributed by atoms with Crippen molar-refractivity contribution in [3.05, 3.63) is 70.0 Å². The van der Waals surface area contributed by atoms with Crippen LogP contribution >= 0.6 is 0 Å². The number of amides is 1. The van der Waals surface area contributed by atoms with Crippen LogP contribution in [0.5, 0.6) is 0 Å². The number of aryl methyl sites for hydroxylation is 1. The standard InChI is InChI=1S/C18H17N3O4S/c1-11-5-3-6-12(9-11)19-18(23)15-10-16(22)13-7-4-8-14(17(13)20-15)21-26(2,24)25/h3-10,21H,1-2H3,(H,19,23)(H,20,22). The van der Waals surface area contributed by atoms with Gasteiger partial charge in [0.15, 0.2) is 5.43 Å². The van der Waals surface area contributed by atoms with Crippen LogP contribution in [0.25, 0.3) is 10.9 Å². The van der Waals surface area contributed by atoms with Gasteiger partial charge in [-0.3, -0.25) is 14.3 Å². The van der Waals surface area contributed by atoms with E-state index in [9.17, 15) is 18.0 Å². The maximum Gasteiger partial charge on any atom is 0.272 e. The molecule has 0 saturated carbocycles. The highest BCUT2D eigenvalue weighted by Gasteiger charge is 2.13. The van der Waals surface area contributed by atoms with Gasteiger partial charge in [0.05, 0.1) is 17.5 Å². The second-order valence-corrected chi connectivity index (χ2v) is 7.72. The monoisotopic (exact) mass is 371 g/mol. The van der Waals surface area contributed by atoms with Crippen molar-refractivity contribution in [2.45, 2.75) is 6.92 Å². The largest absolute Gasteiger partial charge is 0.349 e. The molecule has 3 rings (SSSR count). The van der Waals surface area contributed by atoms with Gasteiger partial charge >= 0.3 is 0 Å².